The van der Waals surface area contributed by atoms with E-state index in [1.807, 2.05) is 6.07 Å². The van der Waals surface area contributed by atoms with Crippen LogP contribution in [0.5, 0.6) is 0 Å². The molecule has 20 heavy (non-hydrogen) atoms. The monoisotopic (exact) mass is 269 g/mol. The molecule has 0 saturated carbocycles. The van der Waals surface area contributed by atoms with Gasteiger partial charge in [0.25, 0.3) is 11.2 Å². The second kappa shape index (κ2) is 5.36. The summed E-state index contributed by atoms with van der Waals surface area (Å²) in [5, 5.41) is 19.7. The van der Waals surface area contributed by atoms with Crippen LogP contribution in [0.3, 0.4) is 0 Å². The fourth-order valence-electron chi connectivity index (χ4n) is 1.91. The van der Waals surface area contributed by atoms with E-state index in [1.54, 1.807) is 24.3 Å². The number of hydrogen-bond donors (Lipinski definition) is 0. The first-order chi connectivity index (χ1) is 9.51. The zero-order valence-corrected chi connectivity index (χ0v) is 10.7. The lowest BCUT2D eigenvalue weighted by Crippen LogP contribution is -2.20. The van der Waals surface area contributed by atoms with Crippen LogP contribution in [0.15, 0.2) is 41.3 Å². The summed E-state index contributed by atoms with van der Waals surface area (Å²) in [6.07, 6.45) is 1.23. The number of hydrogen-bond acceptors (Lipinski definition) is 4. The number of nitrogens with zero attached hydrogens (tertiary/aromatic N) is 3. The van der Waals surface area contributed by atoms with Crippen LogP contribution in [0.4, 0.5) is 5.69 Å². The minimum absolute atomic E-state index is 0.0963. The molecule has 0 N–H and O–H groups in total. The molecule has 0 aliphatic rings. The van der Waals surface area contributed by atoms with E-state index in [1.165, 1.54) is 23.8 Å². The van der Waals surface area contributed by atoms with Crippen molar-refractivity contribution in [2.24, 2.45) is 0 Å². The summed E-state index contributed by atoms with van der Waals surface area (Å²) < 4.78 is 1.27. The number of rotatable bonds is 3. The van der Waals surface area contributed by atoms with Crippen molar-refractivity contribution in [3.63, 3.8) is 0 Å². The van der Waals surface area contributed by atoms with Gasteiger partial charge in [0.05, 0.1) is 29.3 Å². The summed E-state index contributed by atoms with van der Waals surface area (Å²) >= 11 is 0. The molecule has 0 fully saturated rings. The molecule has 6 nitrogen and oxygen atoms in total. The standard InChI is InChI=1S/C14H11N3O3/c1-10-5-14(18)16(9-13(10)17(19)20)8-12-4-2-3-11(6-12)7-15/h2-6,9H,8H2,1H3. The molecule has 1 aromatic carbocycles. The van der Waals surface area contributed by atoms with Crippen molar-refractivity contribution in [3.05, 3.63) is 73.7 Å². The van der Waals surface area contributed by atoms with Gasteiger partial charge in [-0.2, -0.15) is 5.26 Å². The highest BCUT2D eigenvalue weighted by Crippen LogP contribution is 2.15. The average molecular weight is 269 g/mol. The van der Waals surface area contributed by atoms with Crippen LogP contribution in [-0.2, 0) is 6.54 Å². The number of pyridine rings is 1. The molecule has 0 saturated heterocycles. The molecule has 0 unspecified atom stereocenters. The summed E-state index contributed by atoms with van der Waals surface area (Å²) in [5.41, 5.74) is 1.15. The lowest BCUT2D eigenvalue weighted by atomic mass is 10.1. The van der Waals surface area contributed by atoms with Gasteiger partial charge in [-0.15, -0.1) is 0 Å². The maximum atomic E-state index is 11.8. The number of aromatic nitrogens is 1. The van der Waals surface area contributed by atoms with E-state index < -0.39 is 4.92 Å². The van der Waals surface area contributed by atoms with Gasteiger partial charge >= 0.3 is 0 Å². The van der Waals surface area contributed by atoms with E-state index in [0.29, 0.717) is 11.1 Å². The molecule has 1 heterocycles. The van der Waals surface area contributed by atoms with E-state index in [4.69, 9.17) is 5.26 Å². The smallest absolute Gasteiger partial charge is 0.288 e. The Morgan fingerprint density at radius 2 is 2.15 bits per heavy atom. The quantitative estimate of drug-likeness (QED) is 0.629. The zero-order chi connectivity index (χ0) is 14.7. The fraction of sp³-hybridized carbons (Fsp3) is 0.143. The van der Waals surface area contributed by atoms with Gasteiger partial charge in [-0.05, 0) is 24.6 Å². The number of nitriles is 1. The van der Waals surface area contributed by atoms with Crippen molar-refractivity contribution in [1.82, 2.24) is 4.57 Å². The van der Waals surface area contributed by atoms with Gasteiger partial charge in [0.15, 0.2) is 0 Å². The molecule has 100 valence electrons. The second-order valence-electron chi connectivity index (χ2n) is 4.38. The fourth-order valence-corrected chi connectivity index (χ4v) is 1.91. The van der Waals surface area contributed by atoms with Gasteiger partial charge in [-0.3, -0.25) is 14.9 Å². The Bertz CT molecular complexity index is 772. The lowest BCUT2D eigenvalue weighted by molar-refractivity contribution is -0.385. The van der Waals surface area contributed by atoms with Crippen molar-refractivity contribution in [3.8, 4) is 6.07 Å². The molecular weight excluding hydrogens is 258 g/mol. The highest BCUT2D eigenvalue weighted by Gasteiger charge is 2.13. The lowest BCUT2D eigenvalue weighted by Gasteiger charge is -2.07. The molecule has 0 aliphatic heterocycles. The van der Waals surface area contributed by atoms with Crippen molar-refractivity contribution in [2.75, 3.05) is 0 Å². The van der Waals surface area contributed by atoms with Crippen molar-refractivity contribution in [2.45, 2.75) is 13.5 Å². The SMILES string of the molecule is Cc1cc(=O)n(Cc2cccc(C#N)c2)cc1[N+](=O)[O-]. The van der Waals surface area contributed by atoms with E-state index in [9.17, 15) is 14.9 Å². The Morgan fingerprint density at radius 3 is 2.80 bits per heavy atom. The molecule has 0 radical (unpaired) electrons. The van der Waals surface area contributed by atoms with Crippen LogP contribution in [0, 0.1) is 28.4 Å². The Balaban J connectivity index is 2.43. The number of nitro groups is 1. The van der Waals surface area contributed by atoms with Crippen LogP contribution in [0.1, 0.15) is 16.7 Å². The third kappa shape index (κ3) is 2.72. The van der Waals surface area contributed by atoms with Crippen molar-refractivity contribution in [1.29, 1.82) is 5.26 Å². The Morgan fingerprint density at radius 1 is 1.40 bits per heavy atom. The molecule has 1 aromatic heterocycles. The molecular formula is C14H11N3O3. The van der Waals surface area contributed by atoms with Gasteiger partial charge in [0.2, 0.25) is 0 Å². The summed E-state index contributed by atoms with van der Waals surface area (Å²) in [6, 6.07) is 10.0. The predicted octanol–water partition coefficient (Wildman–Crippen LogP) is 1.98. The molecule has 0 aliphatic carbocycles. The first-order valence-corrected chi connectivity index (χ1v) is 5.86. The maximum Gasteiger partial charge on any atom is 0.288 e. The largest absolute Gasteiger partial charge is 0.304 e. The summed E-state index contributed by atoms with van der Waals surface area (Å²) in [4.78, 5) is 22.2. The molecule has 0 atom stereocenters. The summed E-state index contributed by atoms with van der Waals surface area (Å²) in [5.74, 6) is 0. The third-order valence-electron chi connectivity index (χ3n) is 2.91. The van der Waals surface area contributed by atoms with Crippen molar-refractivity contribution < 1.29 is 4.92 Å². The average Bonchev–Trinajstić information content (AvgIpc) is 2.41. The summed E-state index contributed by atoms with van der Waals surface area (Å²) in [6.45, 7) is 1.72. The Labute approximate surface area is 114 Å². The molecule has 2 aromatic rings. The second-order valence-corrected chi connectivity index (χ2v) is 4.38. The minimum Gasteiger partial charge on any atom is -0.304 e. The number of benzene rings is 1. The van der Waals surface area contributed by atoms with Crippen LogP contribution in [-0.4, -0.2) is 9.49 Å². The molecule has 0 spiro atoms. The first kappa shape index (κ1) is 13.5. The Kier molecular flexibility index (Phi) is 3.62. The van der Waals surface area contributed by atoms with Gasteiger partial charge in [-0.25, -0.2) is 0 Å². The third-order valence-corrected chi connectivity index (χ3v) is 2.91. The molecule has 2 rings (SSSR count). The topological polar surface area (TPSA) is 88.9 Å². The molecule has 0 amide bonds. The molecule has 6 heteroatoms. The summed E-state index contributed by atoms with van der Waals surface area (Å²) in [7, 11) is 0. The van der Waals surface area contributed by atoms with E-state index >= 15 is 0 Å². The minimum atomic E-state index is -0.517. The first-order valence-electron chi connectivity index (χ1n) is 5.86. The molecule has 0 bridgehead atoms. The van der Waals surface area contributed by atoms with Crippen LogP contribution in [0.2, 0.25) is 0 Å². The van der Waals surface area contributed by atoms with Crippen LogP contribution in [0.25, 0.3) is 0 Å². The van der Waals surface area contributed by atoms with E-state index in [0.717, 1.165) is 5.56 Å². The van der Waals surface area contributed by atoms with E-state index in [-0.39, 0.29) is 17.8 Å². The Hall–Kier alpha value is -2.94. The van der Waals surface area contributed by atoms with Crippen LogP contribution >= 0.6 is 0 Å². The van der Waals surface area contributed by atoms with Gasteiger partial charge in [0, 0.05) is 11.6 Å². The highest BCUT2D eigenvalue weighted by molar-refractivity contribution is 5.37. The van der Waals surface area contributed by atoms with Crippen molar-refractivity contribution >= 4 is 5.69 Å². The van der Waals surface area contributed by atoms with Crippen LogP contribution < -0.4 is 5.56 Å². The van der Waals surface area contributed by atoms with Gasteiger partial charge < -0.3 is 4.57 Å². The zero-order valence-electron chi connectivity index (χ0n) is 10.7. The van der Waals surface area contributed by atoms with Gasteiger partial charge in [0.1, 0.15) is 0 Å². The number of aryl methyl sites for hydroxylation is 1. The highest BCUT2D eigenvalue weighted by atomic mass is 16.6. The maximum absolute atomic E-state index is 11.8. The normalized spacial score (nSPS) is 10.0. The predicted molar refractivity (Wildman–Crippen MR) is 72.4 cm³/mol. The van der Waals surface area contributed by atoms with Gasteiger partial charge in [-0.1, -0.05) is 12.1 Å². The van der Waals surface area contributed by atoms with E-state index in [2.05, 4.69) is 0 Å².